The smallest absolute Gasteiger partial charge is 0.0995 e. The number of thiophene rings is 1. The molecule has 0 aliphatic rings. The second-order valence-corrected chi connectivity index (χ2v) is 4.04. The molecule has 0 aliphatic carbocycles. The predicted molar refractivity (Wildman–Crippen MR) is 57.2 cm³/mol. The summed E-state index contributed by atoms with van der Waals surface area (Å²) in [6, 6.07) is 5.81. The molecule has 1 aromatic heterocycles. The van der Waals surface area contributed by atoms with Crippen molar-refractivity contribution in [1.29, 1.82) is 5.26 Å². The minimum Gasteiger partial charge on any atom is -0.392 e. The van der Waals surface area contributed by atoms with Crippen LogP contribution in [0.4, 0.5) is 0 Å². The zero-order valence-corrected chi connectivity index (χ0v) is 8.56. The third-order valence-electron chi connectivity index (χ3n) is 2.32. The molecule has 1 heterocycles. The topological polar surface area (TPSA) is 44.0 Å². The molecular formula is C11H9NOS. The summed E-state index contributed by atoms with van der Waals surface area (Å²) in [6.07, 6.45) is 0. The molecule has 0 aliphatic heterocycles. The lowest BCUT2D eigenvalue weighted by Gasteiger charge is -2.01. The Morgan fingerprint density at radius 3 is 2.93 bits per heavy atom. The third-order valence-corrected chi connectivity index (χ3v) is 3.49. The van der Waals surface area contributed by atoms with Gasteiger partial charge in [-0.15, -0.1) is 11.3 Å². The molecule has 1 N–H and O–H groups in total. The van der Waals surface area contributed by atoms with Crippen molar-refractivity contribution in [2.24, 2.45) is 0 Å². The molecule has 2 rings (SSSR count). The minimum atomic E-state index is -0.0693. The van der Waals surface area contributed by atoms with Crippen molar-refractivity contribution in [3.8, 4) is 6.07 Å². The number of nitrogens with zero attached hydrogens (tertiary/aromatic N) is 1. The first kappa shape index (κ1) is 9.20. The van der Waals surface area contributed by atoms with Crippen molar-refractivity contribution in [1.82, 2.24) is 0 Å². The fourth-order valence-electron chi connectivity index (χ4n) is 1.55. The lowest BCUT2D eigenvalue weighted by atomic mass is 10.1. The fourth-order valence-corrected chi connectivity index (χ4v) is 2.64. The number of benzene rings is 1. The molecule has 0 unspecified atom stereocenters. The molecule has 0 atom stereocenters. The maximum absolute atomic E-state index is 9.21. The highest BCUT2D eigenvalue weighted by molar-refractivity contribution is 7.17. The fraction of sp³-hybridized carbons (Fsp3) is 0.182. The highest BCUT2D eigenvalue weighted by Crippen LogP contribution is 2.30. The van der Waals surface area contributed by atoms with Crippen LogP contribution in [0.15, 0.2) is 17.5 Å². The van der Waals surface area contributed by atoms with Crippen LogP contribution < -0.4 is 0 Å². The molecule has 3 heteroatoms. The molecule has 2 aromatic rings. The summed E-state index contributed by atoms with van der Waals surface area (Å²) in [5.74, 6) is 0. The van der Waals surface area contributed by atoms with E-state index in [2.05, 4.69) is 6.07 Å². The number of rotatable bonds is 1. The molecule has 14 heavy (non-hydrogen) atoms. The molecule has 0 fully saturated rings. The summed E-state index contributed by atoms with van der Waals surface area (Å²) >= 11 is 1.58. The van der Waals surface area contributed by atoms with E-state index in [-0.39, 0.29) is 6.61 Å². The van der Waals surface area contributed by atoms with Crippen LogP contribution in [0.3, 0.4) is 0 Å². The maximum Gasteiger partial charge on any atom is 0.0995 e. The molecule has 0 saturated carbocycles. The number of hydrogen-bond acceptors (Lipinski definition) is 3. The lowest BCUT2D eigenvalue weighted by Crippen LogP contribution is -1.89. The maximum atomic E-state index is 9.21. The molecule has 1 aromatic carbocycles. The Balaban J connectivity index is 2.86. The highest BCUT2D eigenvalue weighted by atomic mass is 32.1. The number of hydrogen-bond donors (Lipinski definition) is 1. The second-order valence-electron chi connectivity index (χ2n) is 3.16. The van der Waals surface area contributed by atoms with Gasteiger partial charge in [-0.25, -0.2) is 0 Å². The van der Waals surface area contributed by atoms with Crippen LogP contribution in [0.5, 0.6) is 0 Å². The van der Waals surface area contributed by atoms with Crippen LogP contribution in [0, 0.1) is 18.3 Å². The van der Waals surface area contributed by atoms with E-state index in [4.69, 9.17) is 5.26 Å². The van der Waals surface area contributed by atoms with Gasteiger partial charge in [0.2, 0.25) is 0 Å². The largest absolute Gasteiger partial charge is 0.392 e. The number of nitriles is 1. The molecule has 0 saturated heterocycles. The SMILES string of the molecule is Cc1csc2c(CO)c(C#N)ccc12. The van der Waals surface area contributed by atoms with Gasteiger partial charge >= 0.3 is 0 Å². The van der Waals surface area contributed by atoms with Crippen LogP contribution in [-0.4, -0.2) is 5.11 Å². The number of aliphatic hydroxyl groups is 1. The molecule has 0 radical (unpaired) electrons. The summed E-state index contributed by atoms with van der Waals surface area (Å²) in [5.41, 5.74) is 2.52. The van der Waals surface area contributed by atoms with Crippen LogP contribution in [0.1, 0.15) is 16.7 Å². The van der Waals surface area contributed by atoms with Crippen LogP contribution in [0.25, 0.3) is 10.1 Å². The molecule has 0 amide bonds. The standard InChI is InChI=1S/C11H9NOS/c1-7-6-14-11-9(7)3-2-8(4-12)10(11)5-13/h2-3,6,13H,5H2,1H3. The first-order valence-electron chi connectivity index (χ1n) is 4.28. The van der Waals surface area contributed by atoms with Gasteiger partial charge in [0.05, 0.1) is 18.2 Å². The van der Waals surface area contributed by atoms with E-state index in [1.807, 2.05) is 18.4 Å². The summed E-state index contributed by atoms with van der Waals surface area (Å²) in [7, 11) is 0. The molecular weight excluding hydrogens is 194 g/mol. The Morgan fingerprint density at radius 2 is 2.29 bits per heavy atom. The molecule has 2 nitrogen and oxygen atoms in total. The van der Waals surface area contributed by atoms with Crippen molar-refractivity contribution in [3.63, 3.8) is 0 Å². The van der Waals surface area contributed by atoms with Crippen molar-refractivity contribution >= 4 is 21.4 Å². The Bertz CT molecular complexity index is 522. The van der Waals surface area contributed by atoms with Crippen molar-refractivity contribution in [2.45, 2.75) is 13.5 Å². The van der Waals surface area contributed by atoms with Crippen LogP contribution in [0.2, 0.25) is 0 Å². The molecule has 0 spiro atoms. The molecule has 0 bridgehead atoms. The Kier molecular flexibility index (Phi) is 2.24. The second kappa shape index (κ2) is 3.41. The van der Waals surface area contributed by atoms with E-state index in [0.29, 0.717) is 5.56 Å². The average molecular weight is 203 g/mol. The van der Waals surface area contributed by atoms with E-state index in [9.17, 15) is 5.11 Å². The van der Waals surface area contributed by atoms with Gasteiger partial charge in [-0.2, -0.15) is 5.26 Å². The van der Waals surface area contributed by atoms with Crippen LogP contribution >= 0.6 is 11.3 Å². The Labute approximate surface area is 86.0 Å². The number of aryl methyl sites for hydroxylation is 1. The van der Waals surface area contributed by atoms with Crippen LogP contribution in [-0.2, 0) is 6.61 Å². The zero-order chi connectivity index (χ0) is 10.1. The van der Waals surface area contributed by atoms with E-state index in [1.165, 1.54) is 5.56 Å². The van der Waals surface area contributed by atoms with Gasteiger partial charge < -0.3 is 5.11 Å². The van der Waals surface area contributed by atoms with E-state index in [1.54, 1.807) is 17.4 Å². The summed E-state index contributed by atoms with van der Waals surface area (Å²) in [5, 5.41) is 21.3. The first-order valence-corrected chi connectivity index (χ1v) is 5.16. The van der Waals surface area contributed by atoms with E-state index >= 15 is 0 Å². The normalized spacial score (nSPS) is 10.4. The highest BCUT2D eigenvalue weighted by Gasteiger charge is 2.09. The zero-order valence-electron chi connectivity index (χ0n) is 7.74. The Morgan fingerprint density at radius 1 is 1.50 bits per heavy atom. The van der Waals surface area contributed by atoms with Gasteiger partial charge in [-0.3, -0.25) is 0 Å². The van der Waals surface area contributed by atoms with Gasteiger partial charge in [0.1, 0.15) is 0 Å². The predicted octanol–water partition coefficient (Wildman–Crippen LogP) is 2.57. The summed E-state index contributed by atoms with van der Waals surface area (Å²) in [4.78, 5) is 0. The first-order chi connectivity index (χ1) is 6.77. The third kappa shape index (κ3) is 1.20. The number of aliphatic hydroxyl groups excluding tert-OH is 1. The lowest BCUT2D eigenvalue weighted by molar-refractivity contribution is 0.283. The van der Waals surface area contributed by atoms with E-state index in [0.717, 1.165) is 15.6 Å². The summed E-state index contributed by atoms with van der Waals surface area (Å²) < 4.78 is 1.03. The van der Waals surface area contributed by atoms with Crippen molar-refractivity contribution in [3.05, 3.63) is 34.2 Å². The van der Waals surface area contributed by atoms with Gasteiger partial charge in [0.25, 0.3) is 0 Å². The van der Waals surface area contributed by atoms with Gasteiger partial charge in [-0.05, 0) is 29.3 Å². The minimum absolute atomic E-state index is 0.0693. The monoisotopic (exact) mass is 203 g/mol. The Hall–Kier alpha value is -1.37. The van der Waals surface area contributed by atoms with E-state index < -0.39 is 0 Å². The summed E-state index contributed by atoms with van der Waals surface area (Å²) in [6.45, 7) is 1.96. The van der Waals surface area contributed by atoms with Crippen molar-refractivity contribution < 1.29 is 5.11 Å². The quantitative estimate of drug-likeness (QED) is 0.774. The van der Waals surface area contributed by atoms with Gasteiger partial charge in [0, 0.05) is 10.3 Å². The van der Waals surface area contributed by atoms with Gasteiger partial charge in [-0.1, -0.05) is 6.07 Å². The molecule has 70 valence electrons. The van der Waals surface area contributed by atoms with Gasteiger partial charge in [0.15, 0.2) is 0 Å². The number of fused-ring (bicyclic) bond motifs is 1. The average Bonchev–Trinajstić information content (AvgIpc) is 2.59. The van der Waals surface area contributed by atoms with Crippen molar-refractivity contribution in [2.75, 3.05) is 0 Å².